The van der Waals surface area contributed by atoms with Gasteiger partial charge in [0.15, 0.2) is 6.73 Å². The highest BCUT2D eigenvalue weighted by atomic mass is 79.9. The Kier molecular flexibility index (Phi) is 5.12. The minimum atomic E-state index is -1.03. The van der Waals surface area contributed by atoms with E-state index in [-0.39, 0.29) is 0 Å². The van der Waals surface area contributed by atoms with E-state index in [0.717, 1.165) is 28.4 Å². The van der Waals surface area contributed by atoms with Crippen molar-refractivity contribution in [1.82, 2.24) is 15.0 Å². The van der Waals surface area contributed by atoms with Gasteiger partial charge < -0.3 is 4.74 Å². The molecular weight excluding hydrogens is 334 g/mol. The first-order valence-corrected chi connectivity index (χ1v) is 11.2. The van der Waals surface area contributed by atoms with Crippen LogP contribution in [0.1, 0.15) is 0 Å². The molecule has 1 aromatic carbocycles. The summed E-state index contributed by atoms with van der Waals surface area (Å²) in [5.74, 6) is 0. The standard InChI is InChI=1S/C14H20BrN3OSi/c1-20(2,3)9-8-19-11-18-16-10-14(17-18)12-4-6-13(15)7-5-12/h4-7,10H,8-9,11H2,1-3H3. The predicted octanol–water partition coefficient (Wildman–Crippen LogP) is 4.02. The van der Waals surface area contributed by atoms with Crippen molar-refractivity contribution in [3.63, 3.8) is 0 Å². The summed E-state index contributed by atoms with van der Waals surface area (Å²) in [5, 5.41) is 8.65. The lowest BCUT2D eigenvalue weighted by Crippen LogP contribution is -2.22. The third-order valence-corrected chi connectivity index (χ3v) is 5.11. The summed E-state index contributed by atoms with van der Waals surface area (Å²) < 4.78 is 6.69. The van der Waals surface area contributed by atoms with Crippen molar-refractivity contribution in [2.24, 2.45) is 0 Å². The molecule has 0 fully saturated rings. The Morgan fingerprint density at radius 3 is 2.55 bits per heavy atom. The second-order valence-electron chi connectivity index (χ2n) is 5.96. The van der Waals surface area contributed by atoms with E-state index < -0.39 is 8.07 Å². The third-order valence-electron chi connectivity index (χ3n) is 2.88. The van der Waals surface area contributed by atoms with E-state index in [0.29, 0.717) is 6.73 Å². The van der Waals surface area contributed by atoms with E-state index >= 15 is 0 Å². The van der Waals surface area contributed by atoms with Crippen LogP contribution in [0.5, 0.6) is 0 Å². The fourth-order valence-corrected chi connectivity index (χ4v) is 2.66. The molecule has 6 heteroatoms. The molecule has 0 saturated heterocycles. The summed E-state index contributed by atoms with van der Waals surface area (Å²) in [6.07, 6.45) is 1.77. The smallest absolute Gasteiger partial charge is 0.158 e. The van der Waals surface area contributed by atoms with Crippen LogP contribution in [0.4, 0.5) is 0 Å². The van der Waals surface area contributed by atoms with Crippen LogP contribution < -0.4 is 0 Å². The summed E-state index contributed by atoms with van der Waals surface area (Å²) in [6, 6.07) is 9.19. The van der Waals surface area contributed by atoms with Gasteiger partial charge in [-0.15, -0.1) is 0 Å². The van der Waals surface area contributed by atoms with Crippen molar-refractivity contribution < 1.29 is 4.74 Å². The molecule has 0 N–H and O–H groups in total. The molecule has 1 heterocycles. The van der Waals surface area contributed by atoms with Crippen LogP contribution in [-0.4, -0.2) is 29.7 Å². The minimum Gasteiger partial charge on any atom is -0.358 e. The molecule has 0 amide bonds. The van der Waals surface area contributed by atoms with Crippen molar-refractivity contribution in [3.8, 4) is 11.3 Å². The summed E-state index contributed by atoms with van der Waals surface area (Å²) in [6.45, 7) is 8.22. The molecule has 0 saturated carbocycles. The van der Waals surface area contributed by atoms with Crippen LogP contribution in [0.15, 0.2) is 34.9 Å². The highest BCUT2D eigenvalue weighted by Crippen LogP contribution is 2.19. The van der Waals surface area contributed by atoms with Gasteiger partial charge in [0.2, 0.25) is 0 Å². The SMILES string of the molecule is C[Si](C)(C)CCOCn1ncc(-c2ccc(Br)cc2)n1. The Bertz CT molecular complexity index is 548. The molecule has 2 aromatic rings. The van der Waals surface area contributed by atoms with Crippen LogP contribution in [0.2, 0.25) is 25.7 Å². The quantitative estimate of drug-likeness (QED) is 0.581. The Labute approximate surface area is 129 Å². The van der Waals surface area contributed by atoms with Crippen molar-refractivity contribution in [2.45, 2.75) is 32.4 Å². The lowest BCUT2D eigenvalue weighted by Gasteiger charge is -2.14. The maximum Gasteiger partial charge on any atom is 0.158 e. The molecule has 0 aliphatic rings. The molecular formula is C14H20BrN3OSi. The van der Waals surface area contributed by atoms with Gasteiger partial charge in [-0.2, -0.15) is 15.0 Å². The van der Waals surface area contributed by atoms with Gasteiger partial charge in [-0.05, 0) is 18.2 Å². The summed E-state index contributed by atoms with van der Waals surface area (Å²) in [5.41, 5.74) is 1.92. The maximum atomic E-state index is 5.63. The van der Waals surface area contributed by atoms with Crippen LogP contribution >= 0.6 is 15.9 Å². The van der Waals surface area contributed by atoms with Crippen molar-refractivity contribution in [2.75, 3.05) is 6.61 Å². The van der Waals surface area contributed by atoms with Gasteiger partial charge in [-0.3, -0.25) is 0 Å². The largest absolute Gasteiger partial charge is 0.358 e. The molecule has 0 unspecified atom stereocenters. The Hall–Kier alpha value is -0.983. The topological polar surface area (TPSA) is 39.9 Å². The van der Waals surface area contributed by atoms with Crippen LogP contribution in [0, 0.1) is 0 Å². The fourth-order valence-electron chi connectivity index (χ4n) is 1.64. The van der Waals surface area contributed by atoms with Gasteiger partial charge in [0.1, 0.15) is 5.69 Å². The molecule has 108 valence electrons. The van der Waals surface area contributed by atoms with Gasteiger partial charge in [0.25, 0.3) is 0 Å². The van der Waals surface area contributed by atoms with E-state index in [1.54, 1.807) is 11.0 Å². The number of aromatic nitrogens is 3. The first-order chi connectivity index (χ1) is 9.44. The molecule has 0 spiro atoms. The number of ether oxygens (including phenoxy) is 1. The Balaban J connectivity index is 1.88. The van der Waals surface area contributed by atoms with E-state index in [2.05, 4.69) is 45.8 Å². The molecule has 2 rings (SSSR count). The highest BCUT2D eigenvalue weighted by molar-refractivity contribution is 9.10. The third kappa shape index (κ3) is 4.85. The van der Waals surface area contributed by atoms with Gasteiger partial charge in [-0.1, -0.05) is 47.7 Å². The Morgan fingerprint density at radius 1 is 1.20 bits per heavy atom. The van der Waals surface area contributed by atoms with Gasteiger partial charge >= 0.3 is 0 Å². The highest BCUT2D eigenvalue weighted by Gasteiger charge is 2.12. The average molecular weight is 354 g/mol. The average Bonchev–Trinajstić information content (AvgIpc) is 2.83. The van der Waals surface area contributed by atoms with Crippen LogP contribution in [-0.2, 0) is 11.5 Å². The van der Waals surface area contributed by atoms with E-state index in [4.69, 9.17) is 4.74 Å². The first-order valence-electron chi connectivity index (χ1n) is 6.68. The minimum absolute atomic E-state index is 0.418. The number of nitrogens with zero attached hydrogens (tertiary/aromatic N) is 3. The second kappa shape index (κ2) is 6.65. The second-order valence-corrected chi connectivity index (χ2v) is 12.5. The summed E-state index contributed by atoms with van der Waals surface area (Å²) in [4.78, 5) is 1.60. The Morgan fingerprint density at radius 2 is 1.90 bits per heavy atom. The monoisotopic (exact) mass is 353 g/mol. The van der Waals surface area contributed by atoms with Crippen molar-refractivity contribution >= 4 is 24.0 Å². The number of hydrogen-bond donors (Lipinski definition) is 0. The lowest BCUT2D eigenvalue weighted by molar-refractivity contribution is 0.0686. The predicted molar refractivity (Wildman–Crippen MR) is 87.3 cm³/mol. The molecule has 0 radical (unpaired) electrons. The zero-order valence-electron chi connectivity index (χ0n) is 12.1. The number of rotatable bonds is 6. The molecule has 0 aliphatic carbocycles. The summed E-state index contributed by atoms with van der Waals surface area (Å²) >= 11 is 3.42. The lowest BCUT2D eigenvalue weighted by atomic mass is 10.2. The van der Waals surface area contributed by atoms with Gasteiger partial charge in [0.05, 0.1) is 6.20 Å². The first kappa shape index (κ1) is 15.4. The molecule has 0 bridgehead atoms. The number of hydrogen-bond acceptors (Lipinski definition) is 3. The number of benzene rings is 1. The molecule has 4 nitrogen and oxygen atoms in total. The van der Waals surface area contributed by atoms with Crippen molar-refractivity contribution in [1.29, 1.82) is 0 Å². The van der Waals surface area contributed by atoms with Crippen LogP contribution in [0.3, 0.4) is 0 Å². The maximum absolute atomic E-state index is 5.63. The van der Waals surface area contributed by atoms with Gasteiger partial charge in [0, 0.05) is 24.7 Å². The number of halogens is 1. The zero-order chi connectivity index (χ0) is 14.6. The fraction of sp³-hybridized carbons (Fsp3) is 0.429. The molecule has 20 heavy (non-hydrogen) atoms. The van der Waals surface area contributed by atoms with Gasteiger partial charge in [-0.25, -0.2) is 0 Å². The van der Waals surface area contributed by atoms with E-state index in [9.17, 15) is 0 Å². The van der Waals surface area contributed by atoms with Crippen LogP contribution in [0.25, 0.3) is 11.3 Å². The normalized spacial score (nSPS) is 11.8. The van der Waals surface area contributed by atoms with E-state index in [1.165, 1.54) is 0 Å². The molecule has 1 aromatic heterocycles. The zero-order valence-corrected chi connectivity index (χ0v) is 14.7. The molecule has 0 atom stereocenters. The molecule has 0 aliphatic heterocycles. The van der Waals surface area contributed by atoms with Crippen molar-refractivity contribution in [3.05, 3.63) is 34.9 Å². The summed E-state index contributed by atoms with van der Waals surface area (Å²) in [7, 11) is -1.03. The van der Waals surface area contributed by atoms with E-state index in [1.807, 2.05) is 24.3 Å².